The third kappa shape index (κ3) is 7.06. The molecule has 0 spiro atoms. The normalized spacial score (nSPS) is 10.9. The maximum absolute atomic E-state index is 8.89. The molecule has 0 bridgehead atoms. The monoisotopic (exact) mass is 200 g/mol. The lowest BCUT2D eigenvalue weighted by Crippen LogP contribution is -2.31. The molecule has 0 saturated carbocycles. The number of hydrogen-bond acceptors (Lipinski definition) is 3. The third-order valence-corrected chi connectivity index (χ3v) is 2.12. The van der Waals surface area contributed by atoms with Crippen LogP contribution in [0.5, 0.6) is 0 Å². The van der Waals surface area contributed by atoms with Crippen molar-refractivity contribution in [1.82, 2.24) is 10.2 Å². The summed E-state index contributed by atoms with van der Waals surface area (Å²) in [5, 5.41) is 12.0. The molecule has 84 valence electrons. The zero-order valence-corrected chi connectivity index (χ0v) is 9.55. The average molecular weight is 200 g/mol. The van der Waals surface area contributed by atoms with Crippen LogP contribution in [0.4, 0.5) is 0 Å². The Kier molecular flexibility index (Phi) is 8.94. The summed E-state index contributed by atoms with van der Waals surface area (Å²) in [4.78, 5) is 2.25. The van der Waals surface area contributed by atoms with Gasteiger partial charge < -0.3 is 10.4 Å². The molecule has 0 rings (SSSR count). The minimum Gasteiger partial charge on any atom is -0.395 e. The second-order valence-electron chi connectivity index (χ2n) is 3.63. The molecule has 0 saturated heterocycles. The number of rotatable bonds is 9. The molecule has 0 unspecified atom stereocenters. The van der Waals surface area contributed by atoms with Gasteiger partial charge in [-0.1, -0.05) is 19.9 Å². The number of likely N-dealkylation sites (N-methyl/N-ethyl adjacent to an activating group) is 1. The van der Waals surface area contributed by atoms with Crippen LogP contribution in [-0.4, -0.2) is 49.8 Å². The van der Waals surface area contributed by atoms with E-state index in [0.717, 1.165) is 26.2 Å². The van der Waals surface area contributed by atoms with Gasteiger partial charge in [0.15, 0.2) is 0 Å². The number of hydrogen-bond donors (Lipinski definition) is 2. The summed E-state index contributed by atoms with van der Waals surface area (Å²) in [6.45, 7) is 9.96. The van der Waals surface area contributed by atoms with Crippen molar-refractivity contribution in [3.8, 4) is 0 Å². The lowest BCUT2D eigenvalue weighted by molar-refractivity contribution is 0.203. The second kappa shape index (κ2) is 9.19. The van der Waals surface area contributed by atoms with E-state index in [1.54, 1.807) is 0 Å². The first kappa shape index (κ1) is 13.6. The Labute approximate surface area is 87.8 Å². The topological polar surface area (TPSA) is 35.5 Å². The van der Waals surface area contributed by atoms with Gasteiger partial charge in [0.1, 0.15) is 0 Å². The minimum absolute atomic E-state index is 0.233. The van der Waals surface area contributed by atoms with Crippen LogP contribution in [0.25, 0.3) is 0 Å². The number of aliphatic hydroxyl groups is 1. The highest BCUT2D eigenvalue weighted by Crippen LogP contribution is 1.99. The molecule has 3 nitrogen and oxygen atoms in total. The summed E-state index contributed by atoms with van der Waals surface area (Å²) in [5.74, 6) is 0. The molecule has 0 aromatic heterocycles. The first-order chi connectivity index (χ1) is 6.74. The van der Waals surface area contributed by atoms with Gasteiger partial charge in [0.25, 0.3) is 0 Å². The standard InChI is InChI=1S/C11H24N2O/c1-4-5-6-13(7-8-14)10-11(2)9-12-3/h12,14H,2,4-10H2,1,3H3. The van der Waals surface area contributed by atoms with E-state index >= 15 is 0 Å². The van der Waals surface area contributed by atoms with Crippen molar-refractivity contribution in [3.63, 3.8) is 0 Å². The fourth-order valence-electron chi connectivity index (χ4n) is 1.42. The fourth-order valence-corrected chi connectivity index (χ4v) is 1.42. The zero-order chi connectivity index (χ0) is 10.8. The van der Waals surface area contributed by atoms with Crippen LogP contribution < -0.4 is 5.32 Å². The Morgan fingerprint density at radius 1 is 1.43 bits per heavy atom. The van der Waals surface area contributed by atoms with Gasteiger partial charge in [-0.3, -0.25) is 4.90 Å². The first-order valence-corrected chi connectivity index (χ1v) is 5.39. The lowest BCUT2D eigenvalue weighted by Gasteiger charge is -2.22. The van der Waals surface area contributed by atoms with E-state index < -0.39 is 0 Å². The lowest BCUT2D eigenvalue weighted by atomic mass is 10.2. The van der Waals surface area contributed by atoms with E-state index in [4.69, 9.17) is 5.11 Å². The van der Waals surface area contributed by atoms with Crippen molar-refractivity contribution >= 4 is 0 Å². The first-order valence-electron chi connectivity index (χ1n) is 5.39. The molecule has 0 fully saturated rings. The van der Waals surface area contributed by atoms with Crippen molar-refractivity contribution in [2.75, 3.05) is 39.8 Å². The number of aliphatic hydroxyl groups excluding tert-OH is 1. The SMILES string of the molecule is C=C(CNC)CN(CCO)CCCC. The average Bonchev–Trinajstić information content (AvgIpc) is 2.15. The van der Waals surface area contributed by atoms with Gasteiger partial charge in [0.05, 0.1) is 6.61 Å². The minimum atomic E-state index is 0.233. The molecule has 0 amide bonds. The van der Waals surface area contributed by atoms with Gasteiger partial charge in [0.2, 0.25) is 0 Å². The van der Waals surface area contributed by atoms with E-state index in [0.29, 0.717) is 0 Å². The largest absolute Gasteiger partial charge is 0.395 e. The van der Waals surface area contributed by atoms with Gasteiger partial charge in [-0.2, -0.15) is 0 Å². The molecule has 14 heavy (non-hydrogen) atoms. The Balaban J connectivity index is 3.75. The molecule has 0 aliphatic carbocycles. The summed E-state index contributed by atoms with van der Waals surface area (Å²) in [6.07, 6.45) is 2.38. The van der Waals surface area contributed by atoms with E-state index in [2.05, 4.69) is 23.7 Å². The molecule has 0 aromatic carbocycles. The van der Waals surface area contributed by atoms with E-state index in [1.807, 2.05) is 7.05 Å². The summed E-state index contributed by atoms with van der Waals surface area (Å²) in [7, 11) is 1.92. The summed E-state index contributed by atoms with van der Waals surface area (Å²) in [5.41, 5.74) is 1.18. The molecule has 0 radical (unpaired) electrons. The Hall–Kier alpha value is -0.380. The van der Waals surface area contributed by atoms with Crippen molar-refractivity contribution in [2.24, 2.45) is 0 Å². The van der Waals surface area contributed by atoms with Crippen LogP contribution in [0.2, 0.25) is 0 Å². The number of nitrogens with one attached hydrogen (secondary N) is 1. The van der Waals surface area contributed by atoms with E-state index in [1.165, 1.54) is 18.4 Å². The second-order valence-corrected chi connectivity index (χ2v) is 3.63. The van der Waals surface area contributed by atoms with Gasteiger partial charge in [-0.15, -0.1) is 0 Å². The molecule has 0 aromatic rings. The molecule has 0 aliphatic heterocycles. The van der Waals surface area contributed by atoms with Crippen molar-refractivity contribution in [3.05, 3.63) is 12.2 Å². The van der Waals surface area contributed by atoms with Crippen molar-refractivity contribution < 1.29 is 5.11 Å². The Bertz CT molecular complexity index is 148. The highest BCUT2D eigenvalue weighted by Gasteiger charge is 2.04. The van der Waals surface area contributed by atoms with Crippen molar-refractivity contribution in [1.29, 1.82) is 0 Å². The number of unbranched alkanes of at least 4 members (excludes halogenated alkanes) is 1. The van der Waals surface area contributed by atoms with E-state index in [-0.39, 0.29) is 6.61 Å². The van der Waals surface area contributed by atoms with Crippen molar-refractivity contribution in [2.45, 2.75) is 19.8 Å². The van der Waals surface area contributed by atoms with Gasteiger partial charge in [-0.25, -0.2) is 0 Å². The van der Waals surface area contributed by atoms with Crippen LogP contribution in [0.3, 0.4) is 0 Å². The van der Waals surface area contributed by atoms with Gasteiger partial charge in [0, 0.05) is 19.6 Å². The van der Waals surface area contributed by atoms with Crippen LogP contribution in [-0.2, 0) is 0 Å². The predicted octanol–water partition coefficient (Wildman–Crippen LogP) is 0.856. The summed E-state index contributed by atoms with van der Waals surface area (Å²) >= 11 is 0. The maximum atomic E-state index is 8.89. The quantitative estimate of drug-likeness (QED) is 0.542. The van der Waals surface area contributed by atoms with Gasteiger partial charge in [-0.05, 0) is 25.6 Å². The van der Waals surface area contributed by atoms with Crippen LogP contribution in [0.1, 0.15) is 19.8 Å². The predicted molar refractivity (Wildman–Crippen MR) is 61.5 cm³/mol. The molecule has 0 heterocycles. The van der Waals surface area contributed by atoms with E-state index in [9.17, 15) is 0 Å². The zero-order valence-electron chi connectivity index (χ0n) is 9.55. The van der Waals surface area contributed by atoms with Gasteiger partial charge >= 0.3 is 0 Å². The molecular formula is C11H24N2O. The highest BCUT2D eigenvalue weighted by atomic mass is 16.3. The molecule has 0 atom stereocenters. The fraction of sp³-hybridized carbons (Fsp3) is 0.818. The molecule has 2 N–H and O–H groups in total. The third-order valence-electron chi connectivity index (χ3n) is 2.12. The Morgan fingerprint density at radius 2 is 2.14 bits per heavy atom. The molecule has 0 aliphatic rings. The van der Waals surface area contributed by atoms with Crippen LogP contribution in [0.15, 0.2) is 12.2 Å². The summed E-state index contributed by atoms with van der Waals surface area (Å²) in [6, 6.07) is 0. The van der Waals surface area contributed by atoms with Crippen LogP contribution >= 0.6 is 0 Å². The molecule has 3 heteroatoms. The summed E-state index contributed by atoms with van der Waals surface area (Å²) < 4.78 is 0. The smallest absolute Gasteiger partial charge is 0.0558 e. The van der Waals surface area contributed by atoms with Crippen LogP contribution in [0, 0.1) is 0 Å². The number of nitrogens with zero attached hydrogens (tertiary/aromatic N) is 1. The molecular weight excluding hydrogens is 176 g/mol. The maximum Gasteiger partial charge on any atom is 0.0558 e. The highest BCUT2D eigenvalue weighted by molar-refractivity contribution is 4.99. The Morgan fingerprint density at radius 3 is 2.64 bits per heavy atom.